The van der Waals surface area contributed by atoms with Crippen molar-refractivity contribution >= 4 is 22.4 Å². The third-order valence-corrected chi connectivity index (χ3v) is 4.74. The molecule has 8 heteroatoms. The molecule has 7 nitrogen and oxygen atoms in total. The first-order chi connectivity index (χ1) is 10.7. The molecular weight excluding hydrogens is 300 g/mol. The summed E-state index contributed by atoms with van der Waals surface area (Å²) < 4.78 is 1.87. The number of likely N-dealkylation sites (tertiary alicyclic amines) is 1. The zero-order chi connectivity index (χ0) is 15.4. The van der Waals surface area contributed by atoms with E-state index in [0.29, 0.717) is 11.0 Å². The molecule has 0 unspecified atom stereocenters. The molecule has 118 valence electrons. The Kier molecular flexibility index (Phi) is 4.79. The van der Waals surface area contributed by atoms with Gasteiger partial charge in [-0.3, -0.25) is 14.4 Å². The minimum Gasteiger partial charge on any atom is -0.301 e. The molecule has 3 heterocycles. The second-order valence-electron chi connectivity index (χ2n) is 5.62. The number of nitrogens with one attached hydrogen (secondary N) is 1. The lowest BCUT2D eigenvalue weighted by Gasteiger charge is -2.35. The Labute approximate surface area is 133 Å². The summed E-state index contributed by atoms with van der Waals surface area (Å²) in [6.07, 6.45) is 7.27. The van der Waals surface area contributed by atoms with Crippen LogP contribution in [0.3, 0.4) is 0 Å². The predicted octanol–water partition coefficient (Wildman–Crippen LogP) is 1.47. The van der Waals surface area contributed by atoms with E-state index in [2.05, 4.69) is 25.3 Å². The van der Waals surface area contributed by atoms with Gasteiger partial charge in [0.05, 0.1) is 6.04 Å². The molecule has 2 aromatic heterocycles. The van der Waals surface area contributed by atoms with Crippen LogP contribution in [-0.2, 0) is 11.3 Å². The largest absolute Gasteiger partial charge is 0.301 e. The molecule has 0 radical (unpaired) electrons. The van der Waals surface area contributed by atoms with Gasteiger partial charge < -0.3 is 5.32 Å². The lowest BCUT2D eigenvalue weighted by atomic mass is 9.96. The van der Waals surface area contributed by atoms with Crippen molar-refractivity contribution in [1.29, 1.82) is 0 Å². The van der Waals surface area contributed by atoms with Gasteiger partial charge in [0.1, 0.15) is 12.7 Å². The summed E-state index contributed by atoms with van der Waals surface area (Å²) in [5.41, 5.74) is 0. The topological polar surface area (TPSA) is 75.9 Å². The Hall–Kier alpha value is -1.80. The third kappa shape index (κ3) is 3.69. The van der Waals surface area contributed by atoms with Crippen molar-refractivity contribution in [3.8, 4) is 0 Å². The van der Waals surface area contributed by atoms with Crippen molar-refractivity contribution < 1.29 is 4.79 Å². The zero-order valence-corrected chi connectivity index (χ0v) is 13.4. The minimum atomic E-state index is -0.151. The molecule has 3 rings (SSSR count). The minimum absolute atomic E-state index is 0.0105. The molecule has 2 aromatic rings. The zero-order valence-electron chi connectivity index (χ0n) is 12.6. The molecule has 1 fully saturated rings. The van der Waals surface area contributed by atoms with Crippen LogP contribution in [0.15, 0.2) is 24.2 Å². The summed E-state index contributed by atoms with van der Waals surface area (Å²) in [6, 6.07) is -0.151. The van der Waals surface area contributed by atoms with Gasteiger partial charge in [0.2, 0.25) is 5.91 Å². The van der Waals surface area contributed by atoms with Gasteiger partial charge in [-0.2, -0.15) is 5.10 Å². The highest BCUT2D eigenvalue weighted by molar-refractivity contribution is 7.13. The summed E-state index contributed by atoms with van der Waals surface area (Å²) in [7, 11) is 0. The van der Waals surface area contributed by atoms with E-state index >= 15 is 0 Å². The molecule has 0 spiro atoms. The van der Waals surface area contributed by atoms with Crippen LogP contribution in [0, 0.1) is 5.92 Å². The van der Waals surface area contributed by atoms with Crippen molar-refractivity contribution in [1.82, 2.24) is 24.6 Å². The standard InChI is InChI=1S/C14H20N6OS/c1-11(13(21)18-14-16-4-6-22-14)19-5-2-3-12(7-19)8-20-10-15-9-17-20/h4,6,9-12H,2-3,5,7-8H2,1H3,(H,16,18,21)/t11-,12-/m0/s1. The maximum absolute atomic E-state index is 12.3. The van der Waals surface area contributed by atoms with Crippen molar-refractivity contribution in [2.45, 2.75) is 32.4 Å². The number of amides is 1. The van der Waals surface area contributed by atoms with Gasteiger partial charge in [0.15, 0.2) is 5.13 Å². The smallest absolute Gasteiger partial charge is 0.243 e. The van der Waals surface area contributed by atoms with Crippen LogP contribution < -0.4 is 5.32 Å². The second kappa shape index (κ2) is 6.97. The number of thiazole rings is 1. The molecule has 1 aliphatic heterocycles. The normalized spacial score (nSPS) is 20.7. The average Bonchev–Trinajstić information content (AvgIpc) is 3.20. The van der Waals surface area contributed by atoms with Crippen LogP contribution in [0.5, 0.6) is 0 Å². The molecule has 1 N–H and O–H groups in total. The maximum atomic E-state index is 12.3. The van der Waals surface area contributed by atoms with E-state index < -0.39 is 0 Å². The van der Waals surface area contributed by atoms with Crippen molar-refractivity contribution in [2.24, 2.45) is 5.92 Å². The summed E-state index contributed by atoms with van der Waals surface area (Å²) >= 11 is 1.44. The summed E-state index contributed by atoms with van der Waals surface area (Å²) in [6.45, 7) is 4.69. The van der Waals surface area contributed by atoms with Crippen LogP contribution in [0.2, 0.25) is 0 Å². The molecule has 0 aliphatic carbocycles. The number of nitrogens with zero attached hydrogens (tertiary/aromatic N) is 5. The molecule has 0 saturated carbocycles. The van der Waals surface area contributed by atoms with Crippen LogP contribution in [-0.4, -0.2) is 49.7 Å². The van der Waals surface area contributed by atoms with E-state index in [1.807, 2.05) is 17.0 Å². The highest BCUT2D eigenvalue weighted by Crippen LogP contribution is 2.21. The lowest BCUT2D eigenvalue weighted by Crippen LogP contribution is -2.47. The van der Waals surface area contributed by atoms with Gasteiger partial charge in [-0.15, -0.1) is 11.3 Å². The van der Waals surface area contributed by atoms with Crippen LogP contribution in [0.25, 0.3) is 0 Å². The third-order valence-electron chi connectivity index (χ3n) is 4.05. The SMILES string of the molecule is C[C@@H](C(=O)Nc1nccs1)N1CCC[C@H](Cn2cncn2)C1. The molecule has 22 heavy (non-hydrogen) atoms. The van der Waals surface area contributed by atoms with Crippen LogP contribution >= 0.6 is 11.3 Å². The first-order valence-electron chi connectivity index (χ1n) is 7.49. The molecule has 2 atom stereocenters. The van der Waals surface area contributed by atoms with Crippen LogP contribution in [0.1, 0.15) is 19.8 Å². The molecular formula is C14H20N6OS. The van der Waals surface area contributed by atoms with Crippen LogP contribution in [0.4, 0.5) is 5.13 Å². The van der Waals surface area contributed by atoms with E-state index in [0.717, 1.165) is 32.5 Å². The predicted molar refractivity (Wildman–Crippen MR) is 84.5 cm³/mol. The Morgan fingerprint density at radius 3 is 3.23 bits per heavy atom. The number of rotatable bonds is 5. The van der Waals surface area contributed by atoms with E-state index in [1.54, 1.807) is 18.9 Å². The monoisotopic (exact) mass is 320 g/mol. The van der Waals surface area contributed by atoms with Gasteiger partial charge in [-0.25, -0.2) is 9.97 Å². The van der Waals surface area contributed by atoms with Crippen molar-refractivity contribution in [3.05, 3.63) is 24.2 Å². The lowest BCUT2D eigenvalue weighted by molar-refractivity contribution is -0.121. The highest BCUT2D eigenvalue weighted by Gasteiger charge is 2.28. The van der Waals surface area contributed by atoms with Crippen molar-refractivity contribution in [3.63, 3.8) is 0 Å². The van der Waals surface area contributed by atoms with Gasteiger partial charge in [-0.1, -0.05) is 0 Å². The molecule has 1 amide bonds. The second-order valence-corrected chi connectivity index (χ2v) is 6.52. The molecule has 1 saturated heterocycles. The summed E-state index contributed by atoms with van der Waals surface area (Å²) in [4.78, 5) is 22.6. The molecule has 0 aromatic carbocycles. The van der Waals surface area contributed by atoms with Gasteiger partial charge in [-0.05, 0) is 32.2 Å². The average molecular weight is 320 g/mol. The van der Waals surface area contributed by atoms with E-state index in [9.17, 15) is 4.79 Å². The first kappa shape index (κ1) is 15.1. The van der Waals surface area contributed by atoms with Gasteiger partial charge in [0, 0.05) is 24.7 Å². The fourth-order valence-electron chi connectivity index (χ4n) is 2.85. The fourth-order valence-corrected chi connectivity index (χ4v) is 3.38. The highest BCUT2D eigenvalue weighted by atomic mass is 32.1. The van der Waals surface area contributed by atoms with E-state index in [4.69, 9.17) is 0 Å². The number of carbonyl (C=O) groups is 1. The Bertz CT molecular complexity index is 585. The summed E-state index contributed by atoms with van der Waals surface area (Å²) in [5.74, 6) is 0.516. The van der Waals surface area contributed by atoms with Gasteiger partial charge in [0.25, 0.3) is 0 Å². The molecule has 1 aliphatic rings. The van der Waals surface area contributed by atoms with E-state index in [-0.39, 0.29) is 11.9 Å². The number of carbonyl (C=O) groups excluding carboxylic acids is 1. The van der Waals surface area contributed by atoms with E-state index in [1.165, 1.54) is 11.3 Å². The maximum Gasteiger partial charge on any atom is 0.243 e. The number of hydrogen-bond acceptors (Lipinski definition) is 6. The van der Waals surface area contributed by atoms with Gasteiger partial charge >= 0.3 is 0 Å². The quantitative estimate of drug-likeness (QED) is 0.903. The van der Waals surface area contributed by atoms with Crippen molar-refractivity contribution in [2.75, 3.05) is 18.4 Å². The Morgan fingerprint density at radius 2 is 2.50 bits per heavy atom. The summed E-state index contributed by atoms with van der Waals surface area (Å²) in [5, 5.41) is 9.56. The number of piperidine rings is 1. The number of hydrogen-bond donors (Lipinski definition) is 1. The molecule has 0 bridgehead atoms. The Balaban J connectivity index is 1.55. The number of aromatic nitrogens is 4. The fraction of sp³-hybridized carbons (Fsp3) is 0.571. The first-order valence-corrected chi connectivity index (χ1v) is 8.37. The number of anilines is 1. The Morgan fingerprint density at radius 1 is 1.59 bits per heavy atom.